The van der Waals surface area contributed by atoms with Crippen molar-refractivity contribution >= 4 is 17.5 Å². The Hall–Kier alpha value is -1.85. The molecule has 0 aromatic rings. The Morgan fingerprint density at radius 2 is 1.96 bits per heavy atom. The van der Waals surface area contributed by atoms with Crippen LogP contribution >= 0.6 is 0 Å². The summed E-state index contributed by atoms with van der Waals surface area (Å²) < 4.78 is 0. The minimum absolute atomic E-state index is 0.0562. The molecule has 0 aromatic carbocycles. The van der Waals surface area contributed by atoms with Crippen LogP contribution in [0.1, 0.15) is 6.42 Å². The van der Waals surface area contributed by atoms with E-state index < -0.39 is 36.7 Å². The Morgan fingerprint density at radius 3 is 2.57 bits per heavy atom. The molecule has 2 amide bonds. The quantitative estimate of drug-likeness (QED) is 0.268. The summed E-state index contributed by atoms with van der Waals surface area (Å²) in [6.07, 6.45) is -4.56. The van der Waals surface area contributed by atoms with E-state index in [1.165, 1.54) is 4.90 Å². The van der Waals surface area contributed by atoms with Crippen molar-refractivity contribution < 1.29 is 30.0 Å². The fourth-order valence-corrected chi connectivity index (χ4v) is 2.47. The zero-order valence-electron chi connectivity index (χ0n) is 12.3. The summed E-state index contributed by atoms with van der Waals surface area (Å²) in [5.74, 6) is -1.13. The fourth-order valence-electron chi connectivity index (χ4n) is 2.47. The second-order valence-corrected chi connectivity index (χ2v) is 5.42. The molecule has 10 nitrogen and oxygen atoms in total. The lowest BCUT2D eigenvalue weighted by molar-refractivity contribution is -0.129. The largest absolute Gasteiger partial charge is 0.394 e. The molecule has 10 heteroatoms. The first-order valence-electron chi connectivity index (χ1n) is 7.11. The van der Waals surface area contributed by atoms with Crippen LogP contribution in [-0.2, 0) is 9.59 Å². The van der Waals surface area contributed by atoms with E-state index in [-0.39, 0.29) is 31.8 Å². The van der Waals surface area contributed by atoms with Crippen molar-refractivity contribution in [3.63, 3.8) is 0 Å². The highest BCUT2D eigenvalue weighted by Gasteiger charge is 2.34. The Balaban J connectivity index is 2.22. The van der Waals surface area contributed by atoms with Crippen molar-refractivity contribution in [3.05, 3.63) is 11.4 Å². The number of carbonyl (C=O) groups excluding carboxylic acids is 2. The van der Waals surface area contributed by atoms with Gasteiger partial charge in [-0.15, -0.1) is 0 Å². The van der Waals surface area contributed by atoms with Crippen LogP contribution in [0.3, 0.4) is 0 Å². The summed E-state index contributed by atoms with van der Waals surface area (Å²) in [7, 11) is 0. The molecule has 3 atom stereocenters. The predicted octanol–water partition coefficient (Wildman–Crippen LogP) is -3.97. The molecule has 0 saturated heterocycles. The normalized spacial score (nSPS) is 22.3. The van der Waals surface area contributed by atoms with Crippen LogP contribution in [0.5, 0.6) is 0 Å². The van der Waals surface area contributed by atoms with Crippen LogP contribution in [0.15, 0.2) is 16.4 Å². The molecule has 2 aliphatic heterocycles. The standard InChI is InChI=1S/C13H20N4O6/c14-2-6-3-17(4-8(19)12(22)9(20)5-18)7-1-10(21)16-13(23)11(7)15-6/h8-9,12,18-20,22H,1-5,14H2,(H,16,21,23). The number of nitrogens with one attached hydrogen (secondary N) is 1. The van der Waals surface area contributed by atoms with Crippen LogP contribution < -0.4 is 11.1 Å². The van der Waals surface area contributed by atoms with Gasteiger partial charge >= 0.3 is 0 Å². The monoisotopic (exact) mass is 328 g/mol. The molecule has 2 aliphatic rings. The van der Waals surface area contributed by atoms with Gasteiger partial charge in [0.2, 0.25) is 5.91 Å². The second kappa shape index (κ2) is 7.15. The summed E-state index contributed by atoms with van der Waals surface area (Å²) in [4.78, 5) is 29.1. The van der Waals surface area contributed by atoms with Crippen LogP contribution in [0, 0.1) is 0 Å². The molecule has 23 heavy (non-hydrogen) atoms. The molecule has 0 radical (unpaired) electrons. The molecule has 2 heterocycles. The molecule has 2 rings (SSSR count). The topological polar surface area (TPSA) is 169 Å². The summed E-state index contributed by atoms with van der Waals surface area (Å²) in [5.41, 5.74) is 6.43. The Morgan fingerprint density at radius 1 is 1.26 bits per heavy atom. The van der Waals surface area contributed by atoms with Gasteiger partial charge in [0.05, 0.1) is 37.1 Å². The average molecular weight is 328 g/mol. The first kappa shape index (κ1) is 17.5. The second-order valence-electron chi connectivity index (χ2n) is 5.42. The van der Waals surface area contributed by atoms with Crippen molar-refractivity contribution in [2.24, 2.45) is 10.7 Å². The molecule has 0 saturated carbocycles. The van der Waals surface area contributed by atoms with E-state index in [2.05, 4.69) is 10.3 Å². The van der Waals surface area contributed by atoms with Gasteiger partial charge in [-0.25, -0.2) is 4.99 Å². The number of β-amino-alcohol motifs (C(OH)–C–C–N with tert-alkyl or cyclic N) is 1. The van der Waals surface area contributed by atoms with Gasteiger partial charge in [-0.3, -0.25) is 14.9 Å². The first-order chi connectivity index (χ1) is 10.9. The Kier molecular flexibility index (Phi) is 5.44. The van der Waals surface area contributed by atoms with Gasteiger partial charge in [0.25, 0.3) is 5.91 Å². The van der Waals surface area contributed by atoms with Gasteiger partial charge in [0, 0.05) is 13.1 Å². The molecular formula is C13H20N4O6. The molecule has 3 unspecified atom stereocenters. The number of nitrogens with two attached hydrogens (primary N) is 1. The highest BCUT2D eigenvalue weighted by atomic mass is 16.4. The predicted molar refractivity (Wildman–Crippen MR) is 78.0 cm³/mol. The third-order valence-electron chi connectivity index (χ3n) is 3.71. The number of aliphatic hydroxyl groups excluding tert-OH is 4. The maximum Gasteiger partial charge on any atom is 0.278 e. The van der Waals surface area contributed by atoms with Crippen LogP contribution in [0.2, 0.25) is 0 Å². The molecular weight excluding hydrogens is 308 g/mol. The van der Waals surface area contributed by atoms with Gasteiger partial charge in [-0.2, -0.15) is 0 Å². The zero-order valence-corrected chi connectivity index (χ0v) is 12.3. The fraction of sp³-hybridized carbons (Fsp3) is 0.615. The van der Waals surface area contributed by atoms with E-state index in [9.17, 15) is 24.9 Å². The lowest BCUT2D eigenvalue weighted by Gasteiger charge is -2.36. The first-order valence-corrected chi connectivity index (χ1v) is 7.11. The van der Waals surface area contributed by atoms with E-state index in [0.717, 1.165) is 0 Å². The smallest absolute Gasteiger partial charge is 0.278 e. The van der Waals surface area contributed by atoms with Crippen LogP contribution in [-0.4, -0.2) is 87.4 Å². The molecule has 0 spiro atoms. The lowest BCUT2D eigenvalue weighted by atomic mass is 10.0. The number of rotatable bonds is 6. The molecule has 0 fully saturated rings. The van der Waals surface area contributed by atoms with Gasteiger partial charge in [-0.05, 0) is 0 Å². The minimum Gasteiger partial charge on any atom is -0.394 e. The summed E-state index contributed by atoms with van der Waals surface area (Å²) in [6, 6.07) is 0. The number of aliphatic hydroxyl groups is 4. The summed E-state index contributed by atoms with van der Waals surface area (Å²) in [5, 5.41) is 40.1. The number of nitrogens with zero attached hydrogens (tertiary/aromatic N) is 2. The van der Waals surface area contributed by atoms with Crippen molar-refractivity contribution in [1.82, 2.24) is 10.2 Å². The maximum absolute atomic E-state index is 11.9. The number of amides is 2. The maximum atomic E-state index is 11.9. The lowest BCUT2D eigenvalue weighted by Crippen LogP contribution is -2.50. The number of hydrogen-bond donors (Lipinski definition) is 6. The molecule has 128 valence electrons. The van der Waals surface area contributed by atoms with E-state index in [1.807, 2.05) is 0 Å². The van der Waals surface area contributed by atoms with Crippen molar-refractivity contribution in [1.29, 1.82) is 0 Å². The third-order valence-corrected chi connectivity index (χ3v) is 3.71. The summed E-state index contributed by atoms with van der Waals surface area (Å²) >= 11 is 0. The van der Waals surface area contributed by atoms with Gasteiger partial charge < -0.3 is 31.1 Å². The number of aliphatic imine (C=N–C) groups is 1. The van der Waals surface area contributed by atoms with E-state index in [1.54, 1.807) is 0 Å². The molecule has 0 bridgehead atoms. The summed E-state index contributed by atoms with van der Waals surface area (Å²) in [6.45, 7) is -0.583. The van der Waals surface area contributed by atoms with E-state index >= 15 is 0 Å². The highest BCUT2D eigenvalue weighted by Crippen LogP contribution is 2.24. The average Bonchev–Trinajstić information content (AvgIpc) is 2.53. The van der Waals surface area contributed by atoms with E-state index in [0.29, 0.717) is 11.4 Å². The Labute approximate surface area is 131 Å². The van der Waals surface area contributed by atoms with Gasteiger partial charge in [-0.1, -0.05) is 0 Å². The van der Waals surface area contributed by atoms with Crippen LogP contribution in [0.4, 0.5) is 0 Å². The molecule has 7 N–H and O–H groups in total. The minimum atomic E-state index is -1.57. The SMILES string of the molecule is NCC1=NC2=C(CC(=O)NC2=O)N(CC(O)C(O)C(O)CO)C1. The molecule has 0 aliphatic carbocycles. The third kappa shape index (κ3) is 3.74. The van der Waals surface area contributed by atoms with Gasteiger partial charge in [0.1, 0.15) is 17.9 Å². The number of imide groups is 1. The number of hydrogen-bond acceptors (Lipinski definition) is 9. The highest BCUT2D eigenvalue weighted by molar-refractivity contribution is 6.10. The van der Waals surface area contributed by atoms with E-state index in [4.69, 9.17) is 10.8 Å². The Bertz CT molecular complexity index is 561. The zero-order chi connectivity index (χ0) is 17.1. The molecule has 0 aromatic heterocycles. The van der Waals surface area contributed by atoms with Crippen molar-refractivity contribution in [3.8, 4) is 0 Å². The van der Waals surface area contributed by atoms with Crippen molar-refractivity contribution in [2.45, 2.75) is 24.7 Å². The van der Waals surface area contributed by atoms with Gasteiger partial charge in [0.15, 0.2) is 0 Å². The van der Waals surface area contributed by atoms with Crippen LogP contribution in [0.25, 0.3) is 0 Å². The number of carbonyl (C=O) groups is 2. The van der Waals surface area contributed by atoms with Crippen molar-refractivity contribution in [2.75, 3.05) is 26.2 Å².